The van der Waals surface area contributed by atoms with Crippen molar-refractivity contribution in [1.82, 2.24) is 10.2 Å². The molecule has 9 nitrogen and oxygen atoms in total. The maximum Gasteiger partial charge on any atom is 0.330 e. The minimum absolute atomic E-state index is 0.183. The molecule has 3 N–H and O–H groups in total. The summed E-state index contributed by atoms with van der Waals surface area (Å²) in [5.41, 5.74) is 0.193. The number of aliphatic carboxylic acids is 1. The Morgan fingerprint density at radius 2 is 2.12 bits per heavy atom. The molecule has 1 saturated heterocycles. The number of nitrogens with one attached hydrogen (secondary N) is 1. The summed E-state index contributed by atoms with van der Waals surface area (Å²) in [5, 5.41) is 12.9. The van der Waals surface area contributed by atoms with Crippen LogP contribution in [0.4, 0.5) is 0 Å². The van der Waals surface area contributed by atoms with E-state index in [2.05, 4.69) is 5.32 Å². The van der Waals surface area contributed by atoms with E-state index in [1.165, 1.54) is 5.41 Å². The van der Waals surface area contributed by atoms with Crippen molar-refractivity contribution >= 4 is 49.5 Å². The molecule has 0 aromatic carbocycles. The molecule has 3 atom stereocenters. The van der Waals surface area contributed by atoms with Crippen molar-refractivity contribution in [3.05, 3.63) is 11.0 Å². The molecule has 24 heavy (non-hydrogen) atoms. The number of hydrogen-bond acceptors (Lipinski definition) is 7. The van der Waals surface area contributed by atoms with Crippen LogP contribution in [0.5, 0.6) is 0 Å². The summed E-state index contributed by atoms with van der Waals surface area (Å²) in [4.78, 5) is 36.5. The molecule has 2 amide bonds. The number of carboxylic acid groups (broad SMARTS) is 1. The zero-order valence-electron chi connectivity index (χ0n) is 12.5. The van der Waals surface area contributed by atoms with Crippen LogP contribution in [0.25, 0.3) is 0 Å². The lowest BCUT2D eigenvalue weighted by molar-refractivity contribution is -0.160. The quantitative estimate of drug-likeness (QED) is 0.309. The molecule has 0 radical (unpaired) electrons. The molecular weight excluding hydrogens is 380 g/mol. The maximum absolute atomic E-state index is 12.2. The Bertz CT molecular complexity index is 691. The number of β-lactam (4-membered cyclic amide) rings is 1. The van der Waals surface area contributed by atoms with Gasteiger partial charge in [0, 0.05) is 23.0 Å². The molecule has 0 aromatic heterocycles. The molecule has 0 aromatic rings. The van der Waals surface area contributed by atoms with Crippen molar-refractivity contribution in [3.8, 4) is 0 Å². The highest BCUT2D eigenvalue weighted by atomic mass is 33.1. The van der Waals surface area contributed by atoms with Crippen LogP contribution in [0.15, 0.2) is 11.0 Å². The fraction of sp³-hybridized carbons (Fsp3) is 0.583. The standard InChI is InChI=1S/C12H16N2O7S3/c1-2-3-7(15)13-8-10(16)14-9(12(17)18)6(4-22-11(8)14)5-23-24(19,20)21/h4,8-9,11H,2-3,5H2,1H3,(H,13,15)(H,17,18)(H,19,20,21)/t8?,9?,11-/m0/s1. The van der Waals surface area contributed by atoms with Gasteiger partial charge in [-0.25, -0.2) is 4.79 Å². The van der Waals surface area contributed by atoms with Crippen LogP contribution in [0.1, 0.15) is 19.8 Å². The fourth-order valence-electron chi connectivity index (χ4n) is 2.44. The van der Waals surface area contributed by atoms with E-state index >= 15 is 0 Å². The lowest BCUT2D eigenvalue weighted by atomic mass is 9.98. The summed E-state index contributed by atoms with van der Waals surface area (Å²) in [6.07, 6.45) is 0.901. The first-order valence-electron chi connectivity index (χ1n) is 6.96. The van der Waals surface area contributed by atoms with Crippen molar-refractivity contribution in [2.45, 2.75) is 37.2 Å². The number of amides is 2. The van der Waals surface area contributed by atoms with Crippen molar-refractivity contribution in [3.63, 3.8) is 0 Å². The normalized spacial score (nSPS) is 26.2. The third-order valence-corrected chi connectivity index (χ3v) is 6.68. The molecule has 12 heteroatoms. The topological polar surface area (TPSA) is 141 Å². The van der Waals surface area contributed by atoms with Crippen LogP contribution in [-0.4, -0.2) is 64.0 Å². The van der Waals surface area contributed by atoms with Gasteiger partial charge in [0.25, 0.3) is 0 Å². The molecule has 1 fully saturated rings. The summed E-state index contributed by atoms with van der Waals surface area (Å²) in [6, 6.07) is -2.10. The van der Waals surface area contributed by atoms with Crippen LogP contribution < -0.4 is 5.32 Å². The molecule has 0 aliphatic carbocycles. The number of hydrogen-bond donors (Lipinski definition) is 3. The second-order valence-corrected chi connectivity index (χ2v) is 9.53. The van der Waals surface area contributed by atoms with Crippen LogP contribution in [0.3, 0.4) is 0 Å². The van der Waals surface area contributed by atoms with Crippen LogP contribution in [0, 0.1) is 0 Å². The van der Waals surface area contributed by atoms with E-state index in [-0.39, 0.29) is 34.4 Å². The second-order valence-electron chi connectivity index (χ2n) is 5.19. The summed E-state index contributed by atoms with van der Waals surface area (Å²) in [6.45, 7) is 1.83. The van der Waals surface area contributed by atoms with Gasteiger partial charge in [-0.2, -0.15) is 8.42 Å². The molecule has 0 saturated carbocycles. The van der Waals surface area contributed by atoms with E-state index in [1.807, 2.05) is 6.92 Å². The van der Waals surface area contributed by atoms with Crippen molar-refractivity contribution in [2.75, 3.05) is 5.75 Å². The van der Waals surface area contributed by atoms with Crippen LogP contribution in [-0.2, 0) is 23.5 Å². The van der Waals surface area contributed by atoms with Gasteiger partial charge in [-0.1, -0.05) is 6.92 Å². The molecule has 2 rings (SSSR count). The average molecular weight is 396 g/mol. The number of carbonyl (C=O) groups excluding carboxylic acids is 2. The van der Waals surface area contributed by atoms with Gasteiger partial charge in [0.1, 0.15) is 11.4 Å². The highest BCUT2D eigenvalue weighted by Crippen LogP contribution is 2.41. The van der Waals surface area contributed by atoms with Crippen molar-refractivity contribution in [1.29, 1.82) is 0 Å². The van der Waals surface area contributed by atoms with E-state index in [0.29, 0.717) is 6.42 Å². The Kier molecular flexibility index (Phi) is 5.83. The Morgan fingerprint density at radius 1 is 1.46 bits per heavy atom. The average Bonchev–Trinajstić information content (AvgIpc) is 2.48. The zero-order chi connectivity index (χ0) is 18.1. The summed E-state index contributed by atoms with van der Waals surface area (Å²) >= 11 is 1.14. The number of carboxylic acids is 1. The lowest BCUT2D eigenvalue weighted by Gasteiger charge is -2.51. The Morgan fingerprint density at radius 3 is 2.67 bits per heavy atom. The molecule has 2 heterocycles. The zero-order valence-corrected chi connectivity index (χ0v) is 15.0. The Balaban J connectivity index is 2.14. The summed E-state index contributed by atoms with van der Waals surface area (Å²) in [7, 11) is -4.14. The number of fused-ring (bicyclic) bond motifs is 1. The molecule has 0 bridgehead atoms. The summed E-state index contributed by atoms with van der Waals surface area (Å²) in [5.74, 6) is -2.37. The van der Waals surface area contributed by atoms with Gasteiger partial charge in [0.05, 0.1) is 0 Å². The van der Waals surface area contributed by atoms with Crippen LogP contribution >= 0.6 is 22.6 Å². The second kappa shape index (κ2) is 7.33. The monoisotopic (exact) mass is 396 g/mol. The molecule has 134 valence electrons. The first-order chi connectivity index (χ1) is 11.2. The van der Waals surface area contributed by atoms with Gasteiger partial charge in [-0.15, -0.1) is 11.8 Å². The minimum atomic E-state index is -4.32. The van der Waals surface area contributed by atoms with Crippen LogP contribution in [0.2, 0.25) is 0 Å². The largest absolute Gasteiger partial charge is 0.479 e. The first kappa shape index (κ1) is 19.1. The van der Waals surface area contributed by atoms with Gasteiger partial charge < -0.3 is 15.3 Å². The van der Waals surface area contributed by atoms with E-state index < -0.39 is 38.5 Å². The predicted octanol–water partition coefficient (Wildman–Crippen LogP) is 0.0595. The smallest absolute Gasteiger partial charge is 0.330 e. The number of thioether (sulfide) groups is 1. The van der Waals surface area contributed by atoms with E-state index in [9.17, 15) is 27.9 Å². The van der Waals surface area contributed by atoms with Gasteiger partial charge in [-0.05, 0) is 17.4 Å². The Labute approximate surface area is 146 Å². The molecule has 0 spiro atoms. The fourth-order valence-corrected chi connectivity index (χ4v) is 5.16. The third kappa shape index (κ3) is 4.05. The number of nitrogens with zero attached hydrogens (tertiary/aromatic N) is 1. The molecule has 2 aliphatic heterocycles. The van der Waals surface area contributed by atoms with Crippen molar-refractivity contribution in [2.24, 2.45) is 0 Å². The third-order valence-electron chi connectivity index (χ3n) is 3.47. The van der Waals surface area contributed by atoms with Gasteiger partial charge in [-0.3, -0.25) is 14.1 Å². The van der Waals surface area contributed by atoms with Crippen molar-refractivity contribution < 1.29 is 32.5 Å². The minimum Gasteiger partial charge on any atom is -0.479 e. The highest BCUT2D eigenvalue weighted by Gasteiger charge is 2.55. The maximum atomic E-state index is 12.2. The molecule has 2 aliphatic rings. The highest BCUT2D eigenvalue weighted by molar-refractivity contribution is 8.70. The summed E-state index contributed by atoms with van der Waals surface area (Å²) < 4.78 is 30.4. The lowest BCUT2D eigenvalue weighted by Crippen LogP contribution is -2.73. The van der Waals surface area contributed by atoms with Gasteiger partial charge >= 0.3 is 15.1 Å². The van der Waals surface area contributed by atoms with E-state index in [4.69, 9.17) is 4.55 Å². The molecule has 2 unspecified atom stereocenters. The van der Waals surface area contributed by atoms with Gasteiger partial charge in [0.2, 0.25) is 11.8 Å². The van der Waals surface area contributed by atoms with E-state index in [0.717, 1.165) is 16.7 Å². The predicted molar refractivity (Wildman–Crippen MR) is 88.6 cm³/mol. The van der Waals surface area contributed by atoms with Gasteiger partial charge in [0.15, 0.2) is 6.04 Å². The Hall–Kier alpha value is -1.24. The number of carbonyl (C=O) groups is 3. The number of rotatable bonds is 7. The molecular formula is C12H16N2O7S3. The van der Waals surface area contributed by atoms with E-state index in [1.54, 1.807) is 0 Å². The SMILES string of the molecule is CCCC(=O)NC1C(=O)N2C(C(=O)O)C(CSS(=O)(=O)O)=CS[C@@H]12. The first-order valence-corrected chi connectivity index (χ1v) is 10.8.